The molecule has 1 amide bonds. The lowest BCUT2D eigenvalue weighted by Crippen LogP contribution is -2.53. The fraction of sp³-hybridized carbons (Fsp3) is 0.296. The normalized spacial score (nSPS) is 17.0. The van der Waals surface area contributed by atoms with Gasteiger partial charge in [0.2, 0.25) is 5.43 Å². The van der Waals surface area contributed by atoms with Crippen molar-refractivity contribution in [3.63, 3.8) is 0 Å². The van der Waals surface area contributed by atoms with Crippen LogP contribution >= 0.6 is 0 Å². The highest BCUT2D eigenvalue weighted by molar-refractivity contribution is 6.00. The monoisotopic (exact) mass is 476 g/mol. The topological polar surface area (TPSA) is 77.8 Å². The van der Waals surface area contributed by atoms with Crippen molar-refractivity contribution in [3.05, 3.63) is 99.2 Å². The Bertz CT molecular complexity index is 1300. The highest BCUT2D eigenvalue weighted by Crippen LogP contribution is 2.28. The summed E-state index contributed by atoms with van der Waals surface area (Å²) < 4.78 is 26.5. The lowest BCUT2D eigenvalue weighted by atomic mass is 10.0. The van der Waals surface area contributed by atoms with Gasteiger partial charge in [-0.3, -0.25) is 14.4 Å². The molecule has 8 heteroatoms. The van der Waals surface area contributed by atoms with E-state index in [1.165, 1.54) is 18.3 Å². The quantitative estimate of drug-likeness (QED) is 0.487. The average molecular weight is 477 g/mol. The van der Waals surface area contributed by atoms with Gasteiger partial charge < -0.3 is 18.9 Å². The molecule has 7 nitrogen and oxygen atoms in total. The van der Waals surface area contributed by atoms with Gasteiger partial charge in [0.05, 0.1) is 18.7 Å². The summed E-state index contributed by atoms with van der Waals surface area (Å²) in [5, 5.41) is 0. The van der Waals surface area contributed by atoms with Gasteiger partial charge in [0.15, 0.2) is 23.5 Å². The summed E-state index contributed by atoms with van der Waals surface area (Å²) in [4.78, 5) is 41.5. The number of nitrogens with zero attached hydrogens (tertiary/aromatic N) is 2. The molecule has 0 bridgehead atoms. The van der Waals surface area contributed by atoms with Crippen LogP contribution in [0.5, 0.6) is 5.75 Å². The molecule has 2 aliphatic rings. The van der Waals surface area contributed by atoms with Gasteiger partial charge in [-0.2, -0.15) is 0 Å². The molecule has 35 heavy (non-hydrogen) atoms. The van der Waals surface area contributed by atoms with Crippen molar-refractivity contribution in [1.82, 2.24) is 9.47 Å². The van der Waals surface area contributed by atoms with Crippen LogP contribution in [-0.2, 0) is 24.3 Å². The first-order valence-corrected chi connectivity index (χ1v) is 11.7. The zero-order valence-corrected chi connectivity index (χ0v) is 19.1. The molecule has 2 aromatic carbocycles. The Morgan fingerprint density at radius 2 is 1.83 bits per heavy atom. The minimum atomic E-state index is -0.596. The molecule has 5 rings (SSSR count). The number of carbonyl (C=O) groups is 2. The van der Waals surface area contributed by atoms with Crippen LogP contribution in [0, 0.1) is 5.82 Å². The zero-order chi connectivity index (χ0) is 24.4. The third-order valence-corrected chi connectivity index (χ3v) is 6.34. The number of aryl methyl sites for hydroxylation is 1. The smallest absolute Gasteiger partial charge is 0.276 e. The Hall–Kier alpha value is -3.78. The highest BCUT2D eigenvalue weighted by Gasteiger charge is 2.38. The van der Waals surface area contributed by atoms with Gasteiger partial charge in [-0.25, -0.2) is 4.39 Å². The maximum absolute atomic E-state index is 13.5. The predicted molar refractivity (Wildman–Crippen MR) is 126 cm³/mol. The van der Waals surface area contributed by atoms with E-state index in [2.05, 4.69) is 0 Å². The summed E-state index contributed by atoms with van der Waals surface area (Å²) in [5.41, 5.74) is 1.14. The number of rotatable bonds is 7. The first-order chi connectivity index (χ1) is 17.0. The second-order valence-corrected chi connectivity index (χ2v) is 8.70. The lowest BCUT2D eigenvalue weighted by Gasteiger charge is -2.40. The van der Waals surface area contributed by atoms with Gasteiger partial charge in [0.25, 0.3) is 5.91 Å². The van der Waals surface area contributed by atoms with Gasteiger partial charge in [-0.15, -0.1) is 0 Å². The van der Waals surface area contributed by atoms with E-state index >= 15 is 0 Å². The van der Waals surface area contributed by atoms with Crippen LogP contribution in [0.1, 0.15) is 44.8 Å². The van der Waals surface area contributed by atoms with Gasteiger partial charge >= 0.3 is 0 Å². The van der Waals surface area contributed by atoms with E-state index in [0.717, 1.165) is 11.1 Å². The van der Waals surface area contributed by atoms with E-state index < -0.39 is 11.7 Å². The summed E-state index contributed by atoms with van der Waals surface area (Å²) in [7, 11) is 0. The van der Waals surface area contributed by atoms with Crippen molar-refractivity contribution in [1.29, 1.82) is 0 Å². The van der Waals surface area contributed by atoms with Crippen LogP contribution in [-0.4, -0.2) is 40.5 Å². The molecule has 1 atom stereocenters. The molecule has 0 aliphatic carbocycles. The van der Waals surface area contributed by atoms with Crippen molar-refractivity contribution in [2.75, 3.05) is 13.2 Å². The number of hydrogen-bond donors (Lipinski definition) is 0. The number of aromatic nitrogens is 1. The van der Waals surface area contributed by atoms with Gasteiger partial charge in [0.1, 0.15) is 12.4 Å². The van der Waals surface area contributed by atoms with Crippen molar-refractivity contribution < 1.29 is 23.5 Å². The molecule has 0 spiro atoms. The lowest BCUT2D eigenvalue weighted by molar-refractivity contribution is -0.0920. The Morgan fingerprint density at radius 1 is 1.06 bits per heavy atom. The summed E-state index contributed by atoms with van der Waals surface area (Å²) in [6.07, 6.45) is 2.15. The number of ether oxygens (including phenoxy) is 2. The maximum atomic E-state index is 13.5. The number of benzene rings is 2. The molecule has 0 radical (unpaired) electrons. The number of amides is 1. The van der Waals surface area contributed by atoms with Crippen molar-refractivity contribution >= 4 is 11.7 Å². The van der Waals surface area contributed by atoms with Crippen molar-refractivity contribution in [2.24, 2.45) is 0 Å². The fourth-order valence-corrected chi connectivity index (χ4v) is 4.49. The largest absolute Gasteiger partial charge is 0.483 e. The molecule has 1 fully saturated rings. The molecule has 1 unspecified atom stereocenters. The molecule has 0 saturated carbocycles. The van der Waals surface area contributed by atoms with E-state index in [-0.39, 0.29) is 47.5 Å². The second-order valence-electron chi connectivity index (χ2n) is 8.70. The number of carbonyl (C=O) groups excluding carboxylic acids is 2. The van der Waals surface area contributed by atoms with E-state index in [1.807, 2.05) is 30.3 Å². The van der Waals surface area contributed by atoms with Crippen LogP contribution in [0.2, 0.25) is 0 Å². The summed E-state index contributed by atoms with van der Waals surface area (Å²) >= 11 is 0. The number of Topliss-reactive ketones (excluding diaryl/α,β-unsaturated/α-hetero) is 1. The minimum Gasteiger partial charge on any atom is -0.483 e. The highest BCUT2D eigenvalue weighted by atomic mass is 19.1. The number of pyridine rings is 1. The number of fused-ring (bicyclic) bond motifs is 2. The predicted octanol–water partition coefficient (Wildman–Crippen LogP) is 3.58. The van der Waals surface area contributed by atoms with Crippen LogP contribution in [0.25, 0.3) is 0 Å². The van der Waals surface area contributed by atoms with Gasteiger partial charge in [-0.1, -0.05) is 42.5 Å². The third-order valence-electron chi connectivity index (χ3n) is 6.34. The Labute approximate surface area is 201 Å². The van der Waals surface area contributed by atoms with Gasteiger partial charge in [-0.05, 0) is 36.1 Å². The third kappa shape index (κ3) is 4.74. The fourth-order valence-electron chi connectivity index (χ4n) is 4.49. The summed E-state index contributed by atoms with van der Waals surface area (Å²) in [6, 6.07) is 15.2. The summed E-state index contributed by atoms with van der Waals surface area (Å²) in [5.74, 6) is -1.17. The Balaban J connectivity index is 1.48. The molecule has 1 saturated heterocycles. The maximum Gasteiger partial charge on any atom is 0.276 e. The summed E-state index contributed by atoms with van der Waals surface area (Å²) in [6.45, 7) is 1.48. The molecule has 180 valence electrons. The minimum absolute atomic E-state index is 0.0315. The van der Waals surface area contributed by atoms with Crippen molar-refractivity contribution in [3.8, 4) is 5.75 Å². The Kier molecular flexibility index (Phi) is 6.46. The van der Waals surface area contributed by atoms with Crippen molar-refractivity contribution in [2.45, 2.75) is 38.6 Å². The SMILES string of the molecule is O=C(CCc1ccc(F)cc1)c1cn2c(c(OCc3ccccc3)c1=O)C(=O)N1CCCOC1C2. The molecule has 0 N–H and O–H groups in total. The molecule has 2 aliphatic heterocycles. The van der Waals surface area contributed by atoms with E-state index in [0.29, 0.717) is 32.5 Å². The zero-order valence-electron chi connectivity index (χ0n) is 19.1. The first-order valence-electron chi connectivity index (χ1n) is 11.7. The molecular weight excluding hydrogens is 451 g/mol. The van der Waals surface area contributed by atoms with E-state index in [4.69, 9.17) is 9.47 Å². The molecule has 3 heterocycles. The Morgan fingerprint density at radius 3 is 2.60 bits per heavy atom. The standard InChI is InChI=1S/C27H25FN2O5/c28-20-10-7-18(8-11-20)9-12-22(31)21-15-29-16-23-30(13-4-14-34-23)27(33)24(29)26(25(21)32)35-17-19-5-2-1-3-6-19/h1-3,5-8,10-11,15,23H,4,9,12-14,16-17H2. The average Bonchev–Trinajstić information content (AvgIpc) is 2.88. The van der Waals surface area contributed by atoms with E-state index in [9.17, 15) is 18.8 Å². The van der Waals surface area contributed by atoms with Crippen LogP contribution in [0.3, 0.4) is 0 Å². The van der Waals surface area contributed by atoms with Gasteiger partial charge in [0, 0.05) is 19.2 Å². The van der Waals surface area contributed by atoms with Crippen LogP contribution in [0.15, 0.2) is 65.6 Å². The van der Waals surface area contributed by atoms with Crippen LogP contribution in [0.4, 0.5) is 4.39 Å². The molecular formula is C27H25FN2O5. The number of hydrogen-bond acceptors (Lipinski definition) is 5. The number of halogens is 1. The number of ketones is 1. The molecule has 1 aromatic heterocycles. The van der Waals surface area contributed by atoms with E-state index in [1.54, 1.807) is 21.6 Å². The van der Waals surface area contributed by atoms with Crippen LogP contribution < -0.4 is 10.2 Å². The second kappa shape index (κ2) is 9.84. The molecule has 3 aromatic rings. The first kappa shape index (κ1) is 23.0.